The molecule has 4 rings (SSSR count). The molecule has 0 aliphatic carbocycles. The molecule has 3 unspecified atom stereocenters. The summed E-state index contributed by atoms with van der Waals surface area (Å²) in [7, 11) is 2.46. The molecular formula is C32H32N4O11. The molecule has 246 valence electrons. The van der Waals surface area contributed by atoms with Crippen LogP contribution in [-0.4, -0.2) is 60.0 Å². The molecule has 0 spiro atoms. The van der Waals surface area contributed by atoms with Crippen LogP contribution in [-0.2, 0) is 33.6 Å². The first kappa shape index (κ1) is 34.5. The van der Waals surface area contributed by atoms with Crippen molar-refractivity contribution in [2.24, 2.45) is 21.8 Å². The Labute approximate surface area is 268 Å². The fraction of sp³-hybridized carbons (Fsp3) is 0.344. The van der Waals surface area contributed by atoms with Gasteiger partial charge in [-0.3, -0.25) is 35.0 Å². The Kier molecular flexibility index (Phi) is 10.5. The van der Waals surface area contributed by atoms with Crippen LogP contribution in [0.5, 0.6) is 0 Å². The van der Waals surface area contributed by atoms with Gasteiger partial charge in [-0.05, 0) is 38.8 Å². The lowest BCUT2D eigenvalue weighted by molar-refractivity contribution is -0.385. The van der Waals surface area contributed by atoms with E-state index in [1.807, 2.05) is 0 Å². The van der Waals surface area contributed by atoms with E-state index in [4.69, 9.17) is 19.2 Å². The van der Waals surface area contributed by atoms with Crippen LogP contribution >= 0.6 is 0 Å². The lowest BCUT2D eigenvalue weighted by atomic mass is 9.75. The Hall–Kier alpha value is -5.41. The van der Waals surface area contributed by atoms with Crippen LogP contribution < -0.4 is 0 Å². The molecule has 0 aromatic heterocycles. The van der Waals surface area contributed by atoms with Crippen molar-refractivity contribution in [3.8, 4) is 0 Å². The molecule has 2 aliphatic rings. The number of allylic oxidation sites excluding steroid dienone is 2. The number of benzene rings is 2. The van der Waals surface area contributed by atoms with E-state index < -0.39 is 51.4 Å². The zero-order valence-electron chi connectivity index (χ0n) is 26.4. The van der Waals surface area contributed by atoms with E-state index in [0.717, 1.165) is 7.11 Å². The number of aliphatic imine (C=N–C) groups is 2. The summed E-state index contributed by atoms with van der Waals surface area (Å²) >= 11 is 0. The maximum absolute atomic E-state index is 14.0. The number of esters is 3. The fourth-order valence-corrected chi connectivity index (χ4v) is 6.06. The highest BCUT2D eigenvalue weighted by Gasteiger charge is 2.45. The van der Waals surface area contributed by atoms with Crippen molar-refractivity contribution in [3.05, 3.63) is 102 Å². The molecule has 47 heavy (non-hydrogen) atoms. The fourth-order valence-electron chi connectivity index (χ4n) is 6.06. The average Bonchev–Trinajstić information content (AvgIpc) is 3.03. The number of methoxy groups -OCH3 is 1. The molecule has 0 saturated heterocycles. The number of ether oxygens (including phenoxy) is 2. The summed E-state index contributed by atoms with van der Waals surface area (Å²) in [6.45, 7) is 6.21. The first-order chi connectivity index (χ1) is 22.3. The normalized spacial score (nSPS) is 21.1. The van der Waals surface area contributed by atoms with Gasteiger partial charge in [0, 0.05) is 64.8 Å². The van der Waals surface area contributed by atoms with Gasteiger partial charge in [0.1, 0.15) is 5.92 Å². The number of nitrogens with zero attached hydrogens (tertiary/aromatic N) is 4. The Morgan fingerprint density at radius 1 is 0.766 bits per heavy atom. The van der Waals surface area contributed by atoms with E-state index in [-0.39, 0.29) is 51.8 Å². The minimum atomic E-state index is -1.17. The average molecular weight is 649 g/mol. The molecule has 0 saturated carbocycles. The van der Waals surface area contributed by atoms with Crippen molar-refractivity contribution in [1.29, 1.82) is 0 Å². The van der Waals surface area contributed by atoms with Crippen LogP contribution in [0.4, 0.5) is 11.4 Å². The molecule has 0 fully saturated rings. The molecule has 0 radical (unpaired) electrons. The van der Waals surface area contributed by atoms with Gasteiger partial charge in [-0.2, -0.15) is 0 Å². The molecule has 0 amide bonds. The summed E-state index contributed by atoms with van der Waals surface area (Å²) in [5.74, 6) is -6.88. The molecule has 15 heteroatoms. The first-order valence-electron chi connectivity index (χ1n) is 14.3. The molecule has 0 N–H and O–H groups in total. The summed E-state index contributed by atoms with van der Waals surface area (Å²) < 4.78 is 10.5. The smallest absolute Gasteiger partial charge is 0.344 e. The number of carbonyl (C=O) groups is 3. The number of nitro benzene ring substituents is 2. The molecule has 0 bridgehead atoms. The molecule has 2 aliphatic heterocycles. The van der Waals surface area contributed by atoms with Gasteiger partial charge in [0.15, 0.2) is 0 Å². The minimum Gasteiger partial charge on any atom is -0.468 e. The van der Waals surface area contributed by atoms with Crippen molar-refractivity contribution in [2.75, 3.05) is 20.8 Å². The van der Waals surface area contributed by atoms with Gasteiger partial charge in [-0.1, -0.05) is 24.3 Å². The van der Waals surface area contributed by atoms with Gasteiger partial charge in [0.25, 0.3) is 11.4 Å². The molecule has 15 nitrogen and oxygen atoms in total. The molecule has 4 atom stereocenters. The molecule has 2 aromatic carbocycles. The van der Waals surface area contributed by atoms with Crippen molar-refractivity contribution in [1.82, 2.24) is 0 Å². The zero-order chi connectivity index (χ0) is 34.6. The maximum atomic E-state index is 14.0. The first-order valence-corrected chi connectivity index (χ1v) is 14.3. The maximum Gasteiger partial charge on any atom is 0.344 e. The Bertz CT molecular complexity index is 1780. The number of rotatable bonds is 10. The molecular weight excluding hydrogens is 616 g/mol. The van der Waals surface area contributed by atoms with Crippen molar-refractivity contribution in [3.63, 3.8) is 0 Å². The largest absolute Gasteiger partial charge is 0.468 e. The lowest BCUT2D eigenvalue weighted by Gasteiger charge is -2.33. The van der Waals surface area contributed by atoms with Crippen molar-refractivity contribution >= 4 is 40.7 Å². The second-order valence-corrected chi connectivity index (χ2v) is 10.9. The highest BCUT2D eigenvalue weighted by Crippen LogP contribution is 2.43. The summed E-state index contributed by atoms with van der Waals surface area (Å²) in [4.78, 5) is 81.9. The van der Waals surface area contributed by atoms with Gasteiger partial charge >= 0.3 is 17.9 Å². The Morgan fingerprint density at radius 3 is 1.74 bits per heavy atom. The highest BCUT2D eigenvalue weighted by molar-refractivity contribution is 6.10. The SMILES string of the molecule is COOCC1C(C)=NC(C)=C(C(=O)OC(=O)C2=C(C)N=C(C)C(C(=O)OC)C2c2cccc([N+](=O)[O-])c2)[C@@H]1c1cccc([N+](=O)[O-])c1. The van der Waals surface area contributed by atoms with Crippen LogP contribution in [0, 0.1) is 32.1 Å². The number of nitro groups is 2. The van der Waals surface area contributed by atoms with Gasteiger partial charge in [0.2, 0.25) is 0 Å². The number of hydrogen-bond donors (Lipinski definition) is 0. The lowest BCUT2D eigenvalue weighted by Crippen LogP contribution is -2.37. The monoisotopic (exact) mass is 648 g/mol. The highest BCUT2D eigenvalue weighted by atomic mass is 17.2. The van der Waals surface area contributed by atoms with Crippen LogP contribution in [0.15, 0.2) is 81.1 Å². The van der Waals surface area contributed by atoms with Crippen LogP contribution in [0.25, 0.3) is 0 Å². The minimum absolute atomic E-state index is 0.0562. The van der Waals surface area contributed by atoms with Crippen molar-refractivity contribution < 1.29 is 43.5 Å². The van der Waals surface area contributed by atoms with E-state index in [1.54, 1.807) is 26.8 Å². The summed E-state index contributed by atoms with van der Waals surface area (Å²) in [5, 5.41) is 23.2. The number of hydrogen-bond acceptors (Lipinski definition) is 13. The van der Waals surface area contributed by atoms with Gasteiger partial charge in [-0.25, -0.2) is 19.4 Å². The van der Waals surface area contributed by atoms with E-state index in [0.29, 0.717) is 11.3 Å². The van der Waals surface area contributed by atoms with Gasteiger partial charge < -0.3 is 9.47 Å². The predicted molar refractivity (Wildman–Crippen MR) is 166 cm³/mol. The second kappa shape index (κ2) is 14.3. The van der Waals surface area contributed by atoms with E-state index in [1.165, 1.54) is 56.5 Å². The second-order valence-electron chi connectivity index (χ2n) is 10.9. The Balaban J connectivity index is 1.81. The quantitative estimate of drug-likeness (QED) is 0.111. The Morgan fingerprint density at radius 2 is 1.26 bits per heavy atom. The summed E-state index contributed by atoms with van der Waals surface area (Å²) in [6, 6.07) is 11.1. The third-order valence-corrected chi connectivity index (χ3v) is 8.14. The molecule has 2 heterocycles. The van der Waals surface area contributed by atoms with Crippen LogP contribution in [0.2, 0.25) is 0 Å². The summed E-state index contributed by atoms with van der Waals surface area (Å²) in [5.41, 5.74) is 1.01. The zero-order valence-corrected chi connectivity index (χ0v) is 26.4. The van der Waals surface area contributed by atoms with Crippen molar-refractivity contribution in [2.45, 2.75) is 39.5 Å². The molecule has 2 aromatic rings. The van der Waals surface area contributed by atoms with Gasteiger partial charge in [0.05, 0.1) is 41.8 Å². The van der Waals surface area contributed by atoms with Crippen LogP contribution in [0.1, 0.15) is 50.7 Å². The third kappa shape index (κ3) is 7.05. The topological polar surface area (TPSA) is 199 Å². The number of carbonyl (C=O) groups excluding carboxylic acids is 3. The standard InChI is InChI=1S/C32H32N4O11/c1-16-24(15-46-45-6)28(20-9-7-11-22(13-20)35(40)41)25(17(2)33-16)31(38)47-32(39)27-19(4)34-18(3)26(30(37)44-5)29(27)21-10-8-12-23(14-21)36(42)43/h7-14,24,26,28-29H,15H2,1-6H3/t24?,26?,28-,29?/m1/s1. The van der Waals surface area contributed by atoms with E-state index in [2.05, 4.69) is 9.98 Å². The van der Waals surface area contributed by atoms with E-state index >= 15 is 0 Å². The third-order valence-electron chi connectivity index (χ3n) is 8.14. The number of non-ortho nitro benzene ring substituents is 2. The van der Waals surface area contributed by atoms with Crippen LogP contribution in [0.3, 0.4) is 0 Å². The summed E-state index contributed by atoms with van der Waals surface area (Å²) in [6.07, 6.45) is 0. The van der Waals surface area contributed by atoms with E-state index in [9.17, 15) is 34.6 Å². The predicted octanol–water partition coefficient (Wildman–Crippen LogP) is 4.92. The van der Waals surface area contributed by atoms with Gasteiger partial charge in [-0.15, -0.1) is 0 Å².